The van der Waals surface area contributed by atoms with Crippen molar-refractivity contribution < 1.29 is 0 Å². The van der Waals surface area contributed by atoms with Crippen LogP contribution in [0, 0.1) is 0 Å². The third-order valence-corrected chi connectivity index (χ3v) is 2.96. The zero-order valence-electron chi connectivity index (χ0n) is 9.18. The molecule has 0 bridgehead atoms. The minimum absolute atomic E-state index is 0.810. The van der Waals surface area contributed by atoms with Gasteiger partial charge in [0, 0.05) is 12.6 Å². The van der Waals surface area contributed by atoms with Gasteiger partial charge in [0.1, 0.15) is 0 Å². The first-order valence-corrected chi connectivity index (χ1v) is 5.83. The molecule has 0 aromatic carbocycles. The normalized spacial score (nSPS) is 24.9. The van der Waals surface area contributed by atoms with Crippen LogP contribution in [0.5, 0.6) is 0 Å². The van der Waals surface area contributed by atoms with Gasteiger partial charge in [0.15, 0.2) is 0 Å². The average molecular weight is 184 g/mol. The van der Waals surface area contributed by atoms with Gasteiger partial charge in [-0.2, -0.15) is 0 Å². The smallest absolute Gasteiger partial charge is 0.0220 e. The van der Waals surface area contributed by atoms with Crippen molar-refractivity contribution in [1.82, 2.24) is 10.2 Å². The lowest BCUT2D eigenvalue weighted by molar-refractivity contribution is 0.153. The fourth-order valence-corrected chi connectivity index (χ4v) is 2.15. The topological polar surface area (TPSA) is 15.3 Å². The second-order valence-electron chi connectivity index (χ2n) is 3.98. The van der Waals surface area contributed by atoms with Crippen molar-refractivity contribution in [3.63, 3.8) is 0 Å². The fourth-order valence-electron chi connectivity index (χ4n) is 2.15. The minimum Gasteiger partial charge on any atom is -0.315 e. The van der Waals surface area contributed by atoms with E-state index < -0.39 is 0 Å². The molecule has 1 aliphatic heterocycles. The standard InChI is InChI=1S/C11H24N2/c1-3-8-12-10-11-7-5-6-9-13(11)4-2/h11-12H,3-10H2,1-2H3. The summed E-state index contributed by atoms with van der Waals surface area (Å²) in [4.78, 5) is 2.62. The summed E-state index contributed by atoms with van der Waals surface area (Å²) in [5, 5.41) is 3.53. The average Bonchev–Trinajstić information content (AvgIpc) is 2.19. The van der Waals surface area contributed by atoms with E-state index in [4.69, 9.17) is 0 Å². The molecule has 0 saturated carbocycles. The van der Waals surface area contributed by atoms with E-state index in [2.05, 4.69) is 24.1 Å². The fraction of sp³-hybridized carbons (Fsp3) is 1.00. The van der Waals surface area contributed by atoms with Crippen LogP contribution in [0.25, 0.3) is 0 Å². The van der Waals surface area contributed by atoms with Gasteiger partial charge in [0.2, 0.25) is 0 Å². The number of likely N-dealkylation sites (tertiary alicyclic amines) is 1. The highest BCUT2D eigenvalue weighted by Gasteiger charge is 2.19. The molecule has 0 aromatic heterocycles. The highest BCUT2D eigenvalue weighted by molar-refractivity contribution is 4.77. The largest absolute Gasteiger partial charge is 0.315 e. The molecule has 1 saturated heterocycles. The molecule has 0 aliphatic carbocycles. The molecule has 0 spiro atoms. The Morgan fingerprint density at radius 1 is 1.31 bits per heavy atom. The maximum Gasteiger partial charge on any atom is 0.0220 e. The molecule has 78 valence electrons. The number of nitrogens with one attached hydrogen (secondary N) is 1. The summed E-state index contributed by atoms with van der Waals surface area (Å²) in [6, 6.07) is 0.810. The molecule has 2 heteroatoms. The first-order chi connectivity index (χ1) is 6.38. The molecule has 1 atom stereocenters. The van der Waals surface area contributed by atoms with Crippen molar-refractivity contribution in [3.8, 4) is 0 Å². The molecule has 2 nitrogen and oxygen atoms in total. The second-order valence-corrected chi connectivity index (χ2v) is 3.98. The molecule has 1 heterocycles. The van der Waals surface area contributed by atoms with E-state index in [0.717, 1.165) is 6.04 Å². The Morgan fingerprint density at radius 3 is 2.85 bits per heavy atom. The first kappa shape index (κ1) is 11.0. The van der Waals surface area contributed by atoms with Crippen LogP contribution >= 0.6 is 0 Å². The van der Waals surface area contributed by atoms with Crippen molar-refractivity contribution >= 4 is 0 Å². The van der Waals surface area contributed by atoms with Crippen LogP contribution in [0.3, 0.4) is 0 Å². The Labute approximate surface area is 82.7 Å². The lowest BCUT2D eigenvalue weighted by Crippen LogP contribution is -2.45. The number of nitrogens with zero attached hydrogens (tertiary/aromatic N) is 1. The highest BCUT2D eigenvalue weighted by atomic mass is 15.2. The molecule has 1 N–H and O–H groups in total. The minimum atomic E-state index is 0.810. The van der Waals surface area contributed by atoms with Crippen molar-refractivity contribution in [2.75, 3.05) is 26.2 Å². The van der Waals surface area contributed by atoms with Gasteiger partial charge in [-0.05, 0) is 38.9 Å². The summed E-state index contributed by atoms with van der Waals surface area (Å²) in [6.07, 6.45) is 5.47. The molecule has 0 aromatic rings. The molecule has 1 aliphatic rings. The van der Waals surface area contributed by atoms with Gasteiger partial charge in [0.05, 0.1) is 0 Å². The summed E-state index contributed by atoms with van der Waals surface area (Å²) in [5.74, 6) is 0. The van der Waals surface area contributed by atoms with E-state index in [-0.39, 0.29) is 0 Å². The molecule has 1 rings (SSSR count). The Hall–Kier alpha value is -0.0800. The monoisotopic (exact) mass is 184 g/mol. The third-order valence-electron chi connectivity index (χ3n) is 2.96. The number of likely N-dealkylation sites (N-methyl/N-ethyl adjacent to an activating group) is 1. The third kappa shape index (κ3) is 3.65. The van der Waals surface area contributed by atoms with Crippen LogP contribution in [-0.4, -0.2) is 37.1 Å². The lowest BCUT2D eigenvalue weighted by atomic mass is 10.0. The maximum absolute atomic E-state index is 3.53. The molecule has 1 fully saturated rings. The van der Waals surface area contributed by atoms with Gasteiger partial charge in [0.25, 0.3) is 0 Å². The van der Waals surface area contributed by atoms with Crippen LogP contribution in [0.15, 0.2) is 0 Å². The van der Waals surface area contributed by atoms with Gasteiger partial charge in [-0.15, -0.1) is 0 Å². The molecule has 0 radical (unpaired) electrons. The van der Waals surface area contributed by atoms with Gasteiger partial charge < -0.3 is 5.32 Å². The van der Waals surface area contributed by atoms with E-state index in [1.54, 1.807) is 0 Å². The van der Waals surface area contributed by atoms with Crippen LogP contribution in [0.1, 0.15) is 39.5 Å². The SMILES string of the molecule is CCCNCC1CCCCN1CC. The zero-order chi connectivity index (χ0) is 9.52. The van der Waals surface area contributed by atoms with Crippen LogP contribution in [0.4, 0.5) is 0 Å². The molecular formula is C11H24N2. The van der Waals surface area contributed by atoms with Crippen LogP contribution in [-0.2, 0) is 0 Å². The summed E-state index contributed by atoms with van der Waals surface area (Å²) >= 11 is 0. The summed E-state index contributed by atoms with van der Waals surface area (Å²) in [7, 11) is 0. The lowest BCUT2D eigenvalue weighted by Gasteiger charge is -2.35. The Bertz CT molecular complexity index is 125. The van der Waals surface area contributed by atoms with Gasteiger partial charge in [-0.1, -0.05) is 20.3 Å². The quantitative estimate of drug-likeness (QED) is 0.656. The van der Waals surface area contributed by atoms with Gasteiger partial charge in [-0.3, -0.25) is 4.90 Å². The predicted molar refractivity (Wildman–Crippen MR) is 58.0 cm³/mol. The molecular weight excluding hydrogens is 160 g/mol. The van der Waals surface area contributed by atoms with Crippen LogP contribution < -0.4 is 5.32 Å². The molecule has 0 amide bonds. The van der Waals surface area contributed by atoms with Crippen molar-refractivity contribution in [3.05, 3.63) is 0 Å². The summed E-state index contributed by atoms with van der Waals surface area (Å²) in [5.41, 5.74) is 0. The van der Waals surface area contributed by atoms with Gasteiger partial charge in [-0.25, -0.2) is 0 Å². The van der Waals surface area contributed by atoms with E-state index in [9.17, 15) is 0 Å². The van der Waals surface area contributed by atoms with Crippen LogP contribution in [0.2, 0.25) is 0 Å². The van der Waals surface area contributed by atoms with E-state index >= 15 is 0 Å². The number of piperidine rings is 1. The van der Waals surface area contributed by atoms with E-state index in [1.807, 2.05) is 0 Å². The second kappa shape index (κ2) is 6.39. The Kier molecular flexibility index (Phi) is 5.40. The molecule has 13 heavy (non-hydrogen) atoms. The predicted octanol–water partition coefficient (Wildman–Crippen LogP) is 1.86. The number of hydrogen-bond donors (Lipinski definition) is 1. The van der Waals surface area contributed by atoms with Crippen molar-refractivity contribution in [1.29, 1.82) is 0 Å². The maximum atomic E-state index is 3.53. The van der Waals surface area contributed by atoms with E-state index in [1.165, 1.54) is 51.9 Å². The Balaban J connectivity index is 2.19. The van der Waals surface area contributed by atoms with Gasteiger partial charge >= 0.3 is 0 Å². The first-order valence-electron chi connectivity index (χ1n) is 5.83. The number of rotatable bonds is 5. The highest BCUT2D eigenvalue weighted by Crippen LogP contribution is 2.15. The van der Waals surface area contributed by atoms with E-state index in [0.29, 0.717) is 0 Å². The summed E-state index contributed by atoms with van der Waals surface area (Å²) < 4.78 is 0. The zero-order valence-corrected chi connectivity index (χ0v) is 9.18. The molecule has 1 unspecified atom stereocenters. The van der Waals surface area contributed by atoms with Crippen molar-refractivity contribution in [2.45, 2.75) is 45.6 Å². The number of hydrogen-bond acceptors (Lipinski definition) is 2. The Morgan fingerprint density at radius 2 is 2.15 bits per heavy atom. The summed E-state index contributed by atoms with van der Waals surface area (Å²) in [6.45, 7) is 9.41. The van der Waals surface area contributed by atoms with Crippen molar-refractivity contribution in [2.24, 2.45) is 0 Å².